The third-order valence-corrected chi connectivity index (χ3v) is 0.324. The maximum absolute atomic E-state index is 8.89. The van der Waals surface area contributed by atoms with Crippen molar-refractivity contribution in [2.45, 2.75) is 20.3 Å². The number of hydrogen-bond acceptors (Lipinski definition) is 3. The van der Waals surface area contributed by atoms with Gasteiger partial charge >= 0.3 is 6.54 Å². The number of diazo groups is 1. The highest BCUT2D eigenvalue weighted by atomic mass is 16.4. The zero-order valence-corrected chi connectivity index (χ0v) is 5.63. The molecule has 0 aromatic carbocycles. The van der Waals surface area contributed by atoms with E-state index in [9.17, 15) is 0 Å². The van der Waals surface area contributed by atoms with Gasteiger partial charge in [-0.1, -0.05) is 6.92 Å². The molecule has 0 fully saturated rings. The fourth-order valence-corrected chi connectivity index (χ4v) is 0.1000. The van der Waals surface area contributed by atoms with Gasteiger partial charge in [0.2, 0.25) is 5.39 Å². The van der Waals surface area contributed by atoms with E-state index >= 15 is 0 Å². The number of carbonyl (C=O) groups is 1. The number of nitrogens with zero attached hydrogens (tertiary/aromatic N) is 2. The minimum Gasteiger partial charge on any atom is -0.550 e. The molecule has 0 heterocycles. The number of aliphatic carboxylic acids is 1. The molecule has 4 heteroatoms. The fourth-order valence-electron chi connectivity index (χ4n) is 0.1000. The number of rotatable bonds is 1. The van der Waals surface area contributed by atoms with Gasteiger partial charge in [0.1, 0.15) is 4.98 Å². The second-order valence-electron chi connectivity index (χ2n) is 1.36. The van der Waals surface area contributed by atoms with Crippen LogP contribution in [0.1, 0.15) is 20.3 Å². The van der Waals surface area contributed by atoms with Gasteiger partial charge in [0.15, 0.2) is 0 Å². The molecular formula is C5H10N2O2. The molecule has 0 rings (SSSR count). The van der Waals surface area contributed by atoms with Crippen molar-refractivity contribution in [1.82, 2.24) is 0 Å². The van der Waals surface area contributed by atoms with E-state index in [0.717, 1.165) is 13.3 Å². The molecule has 0 aliphatic heterocycles. The van der Waals surface area contributed by atoms with Gasteiger partial charge in [-0.25, -0.2) is 0 Å². The van der Waals surface area contributed by atoms with Gasteiger partial charge in [-0.15, -0.1) is 0 Å². The zero-order chi connectivity index (χ0) is 7.70. The van der Waals surface area contributed by atoms with Crippen LogP contribution in [0.5, 0.6) is 0 Å². The van der Waals surface area contributed by atoms with E-state index in [4.69, 9.17) is 15.3 Å². The second kappa shape index (κ2) is 10.00. The van der Waals surface area contributed by atoms with Crippen LogP contribution >= 0.6 is 0 Å². The third kappa shape index (κ3) is 208. The Morgan fingerprint density at radius 3 is 2.11 bits per heavy atom. The van der Waals surface area contributed by atoms with Crippen LogP contribution in [0.25, 0.3) is 4.98 Å². The van der Waals surface area contributed by atoms with E-state index < -0.39 is 5.97 Å². The highest BCUT2D eigenvalue weighted by Crippen LogP contribution is 1.71. The molecular weight excluding hydrogens is 120 g/mol. The summed E-state index contributed by atoms with van der Waals surface area (Å²) in [4.78, 5) is 11.7. The van der Waals surface area contributed by atoms with Gasteiger partial charge in [-0.3, -0.25) is 0 Å². The summed E-state index contributed by atoms with van der Waals surface area (Å²) in [5, 5.41) is 16.6. The fraction of sp³-hybridized carbons (Fsp3) is 0.800. The normalized spacial score (nSPS) is 6.33. The van der Waals surface area contributed by atoms with E-state index in [1.165, 1.54) is 0 Å². The van der Waals surface area contributed by atoms with Gasteiger partial charge in [0.25, 0.3) is 0 Å². The minimum atomic E-state index is -1.08. The molecule has 0 amide bonds. The smallest absolute Gasteiger partial charge is 0.305 e. The van der Waals surface area contributed by atoms with Crippen LogP contribution in [0.15, 0.2) is 0 Å². The van der Waals surface area contributed by atoms with Crippen LogP contribution < -0.4 is 5.11 Å². The zero-order valence-electron chi connectivity index (χ0n) is 5.63. The molecule has 0 atom stereocenters. The van der Waals surface area contributed by atoms with Crippen molar-refractivity contribution < 1.29 is 9.90 Å². The van der Waals surface area contributed by atoms with Gasteiger partial charge in [0, 0.05) is 12.4 Å². The lowest BCUT2D eigenvalue weighted by Gasteiger charge is -1.77. The number of hydrogen-bond donors (Lipinski definition) is 0. The van der Waals surface area contributed by atoms with Crippen molar-refractivity contribution in [3.63, 3.8) is 0 Å². The molecule has 52 valence electrons. The van der Waals surface area contributed by atoms with Crippen molar-refractivity contribution in [2.24, 2.45) is 0 Å². The Balaban J connectivity index is 0. The lowest BCUT2D eigenvalue weighted by atomic mass is 10.5. The largest absolute Gasteiger partial charge is 0.550 e. The lowest BCUT2D eigenvalue weighted by molar-refractivity contribution is -0.302. The number of carboxylic acid groups (broad SMARTS) is 1. The first-order chi connectivity index (χ1) is 4.15. The molecule has 0 saturated carbocycles. The third-order valence-electron chi connectivity index (χ3n) is 0.324. The molecule has 0 aliphatic carbocycles. The van der Waals surface area contributed by atoms with Crippen LogP contribution in [-0.4, -0.2) is 12.5 Å². The maximum Gasteiger partial charge on any atom is 0.305 e. The summed E-state index contributed by atoms with van der Waals surface area (Å²) < 4.78 is 0. The molecule has 0 aliphatic rings. The van der Waals surface area contributed by atoms with Crippen molar-refractivity contribution in [3.05, 3.63) is 4.98 Å². The number of carboxylic acids is 1. The van der Waals surface area contributed by atoms with Gasteiger partial charge in [0.05, 0.1) is 0 Å². The summed E-state index contributed by atoms with van der Waals surface area (Å²) in [6, 6.07) is 0. The van der Waals surface area contributed by atoms with Crippen LogP contribution in [0.4, 0.5) is 0 Å². The summed E-state index contributed by atoms with van der Waals surface area (Å²) in [6.45, 7) is 3.50. The summed E-state index contributed by atoms with van der Waals surface area (Å²) in [5.41, 5.74) is 0. The molecule has 4 nitrogen and oxygen atoms in total. The molecule has 9 heavy (non-hydrogen) atoms. The molecule has 0 N–H and O–H groups in total. The Hall–Kier alpha value is -1.11. The number of carbonyl (C=O) groups excluding carboxylic acids is 1. The molecule has 0 aromatic heterocycles. The van der Waals surface area contributed by atoms with E-state index in [-0.39, 0.29) is 0 Å². The first kappa shape index (κ1) is 10.8. The average molecular weight is 130 g/mol. The summed E-state index contributed by atoms with van der Waals surface area (Å²) in [7, 11) is 0. The predicted octanol–water partition coefficient (Wildman–Crippen LogP) is 0.00568. The maximum atomic E-state index is 8.89. The van der Waals surface area contributed by atoms with Crippen LogP contribution in [0, 0.1) is 5.39 Å². The van der Waals surface area contributed by atoms with Gasteiger partial charge in [-0.2, -0.15) is 0 Å². The Kier molecular flexibility index (Phi) is 12.0. The van der Waals surface area contributed by atoms with Crippen LogP contribution in [0.2, 0.25) is 0 Å². The molecule has 0 bridgehead atoms. The second-order valence-corrected chi connectivity index (χ2v) is 1.36. The SMILES string of the molecule is CC(=O)[O-].CCC[N+]#N. The van der Waals surface area contributed by atoms with Gasteiger partial charge < -0.3 is 9.90 Å². The average Bonchev–Trinajstić information content (AvgIpc) is 1.66. The van der Waals surface area contributed by atoms with Crippen molar-refractivity contribution in [1.29, 1.82) is 5.39 Å². The highest BCUT2D eigenvalue weighted by Gasteiger charge is 1.80. The lowest BCUT2D eigenvalue weighted by Crippen LogP contribution is -2.16. The molecule has 0 spiro atoms. The summed E-state index contributed by atoms with van der Waals surface area (Å²) in [6.07, 6.45) is 0.927. The predicted molar refractivity (Wildman–Crippen MR) is 30.9 cm³/mol. The van der Waals surface area contributed by atoms with Crippen LogP contribution in [0.3, 0.4) is 0 Å². The van der Waals surface area contributed by atoms with Crippen LogP contribution in [-0.2, 0) is 4.79 Å². The standard InChI is InChI=1S/C3H7N2.C2H4O2/c1-2-3-5-4;1-2(3)4/h2-3H2,1H3;1H3,(H,3,4)/q+1;/p-1. The Labute approximate surface area is 54.1 Å². The molecule has 0 saturated heterocycles. The first-order valence-electron chi connectivity index (χ1n) is 2.63. The molecule has 0 aromatic rings. The Morgan fingerprint density at radius 1 is 1.78 bits per heavy atom. The molecule has 0 unspecified atom stereocenters. The van der Waals surface area contributed by atoms with Crippen molar-refractivity contribution in [2.75, 3.05) is 6.54 Å². The van der Waals surface area contributed by atoms with Crippen molar-refractivity contribution >= 4 is 5.97 Å². The van der Waals surface area contributed by atoms with Crippen molar-refractivity contribution in [3.8, 4) is 0 Å². The molecule has 0 radical (unpaired) electrons. The Bertz CT molecular complexity index is 102. The minimum absolute atomic E-state index is 0.569. The summed E-state index contributed by atoms with van der Waals surface area (Å²) in [5.74, 6) is -1.08. The quantitative estimate of drug-likeness (QED) is 0.469. The monoisotopic (exact) mass is 130 g/mol. The summed E-state index contributed by atoms with van der Waals surface area (Å²) >= 11 is 0. The van der Waals surface area contributed by atoms with E-state index in [1.807, 2.05) is 6.92 Å². The van der Waals surface area contributed by atoms with E-state index in [1.54, 1.807) is 0 Å². The van der Waals surface area contributed by atoms with Gasteiger partial charge in [-0.05, 0) is 6.92 Å². The first-order valence-corrected chi connectivity index (χ1v) is 2.63. The van der Waals surface area contributed by atoms with E-state index in [2.05, 4.69) is 4.98 Å². The van der Waals surface area contributed by atoms with E-state index in [0.29, 0.717) is 6.54 Å². The highest BCUT2D eigenvalue weighted by molar-refractivity contribution is 5.60. The topological polar surface area (TPSA) is 68.3 Å². The Morgan fingerprint density at radius 2 is 2.11 bits per heavy atom.